The zero-order valence-corrected chi connectivity index (χ0v) is 15.4. The Kier molecular flexibility index (Phi) is 5.26. The molecule has 2 rings (SSSR count). The number of hydrogen-bond acceptors (Lipinski definition) is 6. The number of hydrogen-bond donors (Lipinski definition) is 2. The van der Waals surface area contributed by atoms with E-state index >= 15 is 0 Å². The molecule has 0 amide bonds. The first-order chi connectivity index (χ1) is 11.6. The van der Waals surface area contributed by atoms with Crippen LogP contribution in [0.2, 0.25) is 0 Å². The van der Waals surface area contributed by atoms with Gasteiger partial charge in [-0.05, 0) is 19.1 Å². The van der Waals surface area contributed by atoms with Crippen LogP contribution in [0.15, 0.2) is 46.2 Å². The van der Waals surface area contributed by atoms with E-state index in [-0.39, 0.29) is 27.0 Å². The van der Waals surface area contributed by atoms with E-state index in [0.717, 1.165) is 11.6 Å². The second-order valence-electron chi connectivity index (χ2n) is 5.17. The van der Waals surface area contributed by atoms with Crippen LogP contribution in [0, 0.1) is 6.92 Å². The van der Waals surface area contributed by atoms with Gasteiger partial charge in [0.15, 0.2) is 0 Å². The molecule has 0 aliphatic rings. The van der Waals surface area contributed by atoms with Crippen LogP contribution in [-0.2, 0) is 20.0 Å². The highest BCUT2D eigenvalue weighted by Crippen LogP contribution is 2.36. The number of methoxy groups -OCH3 is 2. The first kappa shape index (κ1) is 19.0. The fourth-order valence-electron chi connectivity index (χ4n) is 2.09. The highest BCUT2D eigenvalue weighted by molar-refractivity contribution is 7.92. The molecule has 25 heavy (non-hydrogen) atoms. The summed E-state index contributed by atoms with van der Waals surface area (Å²) in [5.74, 6) is -0.120. The monoisotopic (exact) mass is 386 g/mol. The molecule has 0 atom stereocenters. The predicted octanol–water partition coefficient (Wildman–Crippen LogP) is 1.46. The summed E-state index contributed by atoms with van der Waals surface area (Å²) in [5.41, 5.74) is 0.933. The van der Waals surface area contributed by atoms with Gasteiger partial charge in [0, 0.05) is 12.1 Å². The van der Waals surface area contributed by atoms with Gasteiger partial charge < -0.3 is 9.47 Å². The smallest absolute Gasteiger partial charge is 0.262 e. The Hall–Kier alpha value is -2.30. The van der Waals surface area contributed by atoms with Crippen LogP contribution < -0.4 is 19.3 Å². The Morgan fingerprint density at radius 3 is 1.96 bits per heavy atom. The molecule has 2 aromatic carbocycles. The zero-order valence-electron chi connectivity index (χ0n) is 13.8. The molecule has 136 valence electrons. The van der Waals surface area contributed by atoms with E-state index in [2.05, 4.69) is 4.72 Å². The number of nitrogens with two attached hydrogens (primary N) is 1. The van der Waals surface area contributed by atoms with Crippen molar-refractivity contribution in [1.82, 2.24) is 0 Å². The molecule has 0 aliphatic heterocycles. The van der Waals surface area contributed by atoms with Gasteiger partial charge in [-0.3, -0.25) is 4.72 Å². The first-order valence-electron chi connectivity index (χ1n) is 6.97. The van der Waals surface area contributed by atoms with Crippen molar-refractivity contribution in [2.45, 2.75) is 16.7 Å². The number of rotatable bonds is 6. The maximum absolute atomic E-state index is 12.5. The molecule has 0 aromatic heterocycles. The molecular formula is C15H18N2O6S2. The van der Waals surface area contributed by atoms with Gasteiger partial charge in [-0.25, -0.2) is 22.0 Å². The van der Waals surface area contributed by atoms with Crippen LogP contribution in [0.1, 0.15) is 5.56 Å². The van der Waals surface area contributed by atoms with Crippen molar-refractivity contribution < 1.29 is 26.3 Å². The average molecular weight is 386 g/mol. The fourth-order valence-corrected chi connectivity index (χ4v) is 3.85. The summed E-state index contributed by atoms with van der Waals surface area (Å²) in [5, 5.41) is 5.14. The summed E-state index contributed by atoms with van der Waals surface area (Å²) in [7, 11) is -5.46. The van der Waals surface area contributed by atoms with Gasteiger partial charge in [0.05, 0.1) is 24.8 Å². The number of ether oxygens (including phenoxy) is 2. The minimum atomic E-state index is -4.08. The van der Waals surface area contributed by atoms with Crippen LogP contribution in [0.3, 0.4) is 0 Å². The Balaban J connectivity index is 2.54. The zero-order chi connectivity index (χ0) is 18.8. The van der Waals surface area contributed by atoms with Crippen LogP contribution >= 0.6 is 0 Å². The van der Waals surface area contributed by atoms with Gasteiger partial charge >= 0.3 is 0 Å². The van der Waals surface area contributed by atoms with E-state index in [9.17, 15) is 16.8 Å². The third kappa shape index (κ3) is 4.21. The molecular weight excluding hydrogens is 368 g/mol. The lowest BCUT2D eigenvalue weighted by molar-refractivity contribution is 0.393. The Morgan fingerprint density at radius 2 is 1.48 bits per heavy atom. The lowest BCUT2D eigenvalue weighted by Crippen LogP contribution is -2.16. The molecule has 8 nitrogen and oxygen atoms in total. The Bertz CT molecular complexity index is 983. The van der Waals surface area contributed by atoms with Gasteiger partial charge in [-0.1, -0.05) is 17.7 Å². The number of benzene rings is 2. The maximum Gasteiger partial charge on any atom is 0.262 e. The molecule has 0 heterocycles. The van der Waals surface area contributed by atoms with Gasteiger partial charge in [0.2, 0.25) is 10.0 Å². The van der Waals surface area contributed by atoms with E-state index in [1.165, 1.54) is 32.4 Å². The second kappa shape index (κ2) is 6.90. The van der Waals surface area contributed by atoms with Crippen molar-refractivity contribution >= 4 is 25.7 Å². The summed E-state index contributed by atoms with van der Waals surface area (Å²) >= 11 is 0. The quantitative estimate of drug-likeness (QED) is 0.774. The van der Waals surface area contributed by atoms with Crippen LogP contribution in [0.25, 0.3) is 0 Å². The minimum Gasteiger partial charge on any atom is -0.495 e. The standard InChI is InChI=1S/C15H18N2O6S2/c1-10-4-6-11(7-5-10)25(20,21)17-12-8-14(23-3)15(24(16,18)19)9-13(12)22-2/h4-9,17H,1-3H3,(H2,16,18,19). The number of anilines is 1. The van der Waals surface area contributed by atoms with Crippen molar-refractivity contribution in [2.24, 2.45) is 5.14 Å². The van der Waals surface area contributed by atoms with E-state index in [1.54, 1.807) is 12.1 Å². The van der Waals surface area contributed by atoms with Gasteiger partial charge in [-0.15, -0.1) is 0 Å². The minimum absolute atomic E-state index is 0.0134. The number of primary sulfonamides is 1. The molecule has 10 heteroatoms. The topological polar surface area (TPSA) is 125 Å². The van der Waals surface area contributed by atoms with Crippen molar-refractivity contribution in [3.8, 4) is 11.5 Å². The lowest BCUT2D eigenvalue weighted by atomic mass is 10.2. The van der Waals surface area contributed by atoms with Gasteiger partial charge in [0.25, 0.3) is 10.0 Å². The van der Waals surface area contributed by atoms with Crippen molar-refractivity contribution in [2.75, 3.05) is 18.9 Å². The summed E-state index contributed by atoms with van der Waals surface area (Å²) in [4.78, 5) is -0.264. The second-order valence-corrected chi connectivity index (χ2v) is 8.38. The highest BCUT2D eigenvalue weighted by Gasteiger charge is 2.22. The predicted molar refractivity (Wildman–Crippen MR) is 92.9 cm³/mol. The van der Waals surface area contributed by atoms with E-state index in [4.69, 9.17) is 14.6 Å². The molecule has 2 aromatic rings. The third-order valence-electron chi connectivity index (χ3n) is 3.37. The van der Waals surface area contributed by atoms with Gasteiger partial charge in [-0.2, -0.15) is 0 Å². The van der Waals surface area contributed by atoms with E-state index < -0.39 is 20.0 Å². The molecule has 3 N–H and O–H groups in total. The first-order valence-corrected chi connectivity index (χ1v) is 10.00. The van der Waals surface area contributed by atoms with E-state index in [0.29, 0.717) is 0 Å². The molecule has 0 radical (unpaired) electrons. The summed E-state index contributed by atoms with van der Waals surface area (Å²) in [6, 6.07) is 8.54. The maximum atomic E-state index is 12.5. The highest BCUT2D eigenvalue weighted by atomic mass is 32.2. The van der Waals surface area contributed by atoms with Gasteiger partial charge in [0.1, 0.15) is 16.4 Å². The fraction of sp³-hybridized carbons (Fsp3) is 0.200. The molecule has 0 unspecified atom stereocenters. The van der Waals surface area contributed by atoms with Crippen molar-refractivity contribution in [3.63, 3.8) is 0 Å². The SMILES string of the molecule is COc1cc(S(N)(=O)=O)c(OC)cc1NS(=O)(=O)c1ccc(C)cc1. The van der Waals surface area contributed by atoms with Crippen LogP contribution in [0.4, 0.5) is 5.69 Å². The molecule has 0 saturated carbocycles. The molecule has 0 bridgehead atoms. The normalized spacial score (nSPS) is 11.8. The number of sulfonamides is 2. The summed E-state index contributed by atoms with van der Waals surface area (Å²) < 4.78 is 60.7. The molecule has 0 spiro atoms. The Morgan fingerprint density at radius 1 is 0.920 bits per heavy atom. The molecule has 0 aliphatic carbocycles. The summed E-state index contributed by atoms with van der Waals surface area (Å²) in [6.07, 6.45) is 0. The third-order valence-corrected chi connectivity index (χ3v) is 5.68. The number of aryl methyl sites for hydroxylation is 1. The summed E-state index contributed by atoms with van der Waals surface area (Å²) in [6.45, 7) is 1.84. The van der Waals surface area contributed by atoms with Crippen molar-refractivity contribution in [3.05, 3.63) is 42.0 Å². The van der Waals surface area contributed by atoms with Crippen LogP contribution in [-0.4, -0.2) is 31.1 Å². The molecule has 0 fully saturated rings. The largest absolute Gasteiger partial charge is 0.495 e. The average Bonchev–Trinajstić information content (AvgIpc) is 2.53. The lowest BCUT2D eigenvalue weighted by Gasteiger charge is -2.15. The van der Waals surface area contributed by atoms with Crippen molar-refractivity contribution in [1.29, 1.82) is 0 Å². The van der Waals surface area contributed by atoms with E-state index in [1.807, 2.05) is 6.92 Å². The number of nitrogens with one attached hydrogen (secondary N) is 1. The Labute approximate surface area is 146 Å². The molecule has 0 saturated heterocycles. The van der Waals surface area contributed by atoms with Crippen LogP contribution in [0.5, 0.6) is 11.5 Å².